The summed E-state index contributed by atoms with van der Waals surface area (Å²) in [5.74, 6) is -1.29. The summed E-state index contributed by atoms with van der Waals surface area (Å²) in [6.45, 7) is 0. The van der Waals surface area contributed by atoms with Gasteiger partial charge in [0.2, 0.25) is 0 Å². The maximum Gasteiger partial charge on any atom is 0.342 e. The molecule has 2 aromatic rings. The van der Waals surface area contributed by atoms with Crippen LogP contribution in [0.5, 0.6) is 0 Å². The van der Waals surface area contributed by atoms with Crippen molar-refractivity contribution in [2.75, 3.05) is 0 Å². The Balaban J connectivity index is 2.81. The van der Waals surface area contributed by atoms with E-state index in [-0.39, 0.29) is 21.3 Å². The lowest BCUT2D eigenvalue weighted by molar-refractivity contribution is 0.0695. The number of aromatic carboxylic acids is 1. The number of aromatic nitrogens is 2. The second kappa shape index (κ2) is 4.51. The molecule has 0 saturated carbocycles. The zero-order valence-electron chi connectivity index (χ0n) is 9.22. The van der Waals surface area contributed by atoms with Gasteiger partial charge in [-0.05, 0) is 12.1 Å². The predicted octanol–water partition coefficient (Wildman–Crippen LogP) is 2.18. The molecule has 0 aliphatic rings. The van der Waals surface area contributed by atoms with Gasteiger partial charge in [-0.25, -0.2) is 9.48 Å². The fraction of sp³-hybridized carbons (Fsp3) is 0.0909. The lowest BCUT2D eigenvalue weighted by Gasteiger charge is -2.10. The van der Waals surface area contributed by atoms with Gasteiger partial charge in [0.15, 0.2) is 0 Å². The van der Waals surface area contributed by atoms with Crippen LogP contribution in [-0.2, 0) is 7.05 Å². The van der Waals surface area contributed by atoms with Gasteiger partial charge in [-0.2, -0.15) is 0 Å². The number of hydrogen-bond donors (Lipinski definition) is 1. The fourth-order valence-electron chi connectivity index (χ4n) is 1.65. The molecular formula is C11H8Cl2N2O3. The molecule has 1 N–H and O–H groups in total. The zero-order valence-corrected chi connectivity index (χ0v) is 10.7. The third kappa shape index (κ3) is 1.91. The van der Waals surface area contributed by atoms with E-state index in [1.807, 2.05) is 0 Å². The number of aryl methyl sites for hydroxylation is 1. The van der Waals surface area contributed by atoms with E-state index in [4.69, 9.17) is 28.3 Å². The zero-order chi connectivity index (χ0) is 13.4. The molecule has 0 amide bonds. The van der Waals surface area contributed by atoms with Crippen LogP contribution in [0, 0.1) is 0 Å². The van der Waals surface area contributed by atoms with Crippen LogP contribution in [0.25, 0.3) is 5.69 Å². The monoisotopic (exact) mass is 286 g/mol. The number of hydrogen-bond acceptors (Lipinski definition) is 2. The minimum atomic E-state index is -1.29. The Bertz CT molecular complexity index is 668. The van der Waals surface area contributed by atoms with Gasteiger partial charge in [-0.3, -0.25) is 9.48 Å². The molecule has 18 heavy (non-hydrogen) atoms. The van der Waals surface area contributed by atoms with Crippen molar-refractivity contribution in [1.29, 1.82) is 0 Å². The molecule has 0 radical (unpaired) electrons. The number of halogens is 2. The molecule has 0 aliphatic heterocycles. The quantitative estimate of drug-likeness (QED) is 0.920. The van der Waals surface area contributed by atoms with Gasteiger partial charge in [-0.1, -0.05) is 29.3 Å². The van der Waals surface area contributed by atoms with Gasteiger partial charge in [0.25, 0.3) is 5.56 Å². The highest BCUT2D eigenvalue weighted by atomic mass is 35.5. The van der Waals surface area contributed by atoms with Crippen molar-refractivity contribution in [3.63, 3.8) is 0 Å². The number of carboxylic acids is 1. The lowest BCUT2D eigenvalue weighted by Crippen LogP contribution is -2.23. The highest BCUT2D eigenvalue weighted by molar-refractivity contribution is 6.37. The lowest BCUT2D eigenvalue weighted by atomic mass is 10.3. The van der Waals surface area contributed by atoms with Crippen LogP contribution in [0.4, 0.5) is 0 Å². The third-order valence-electron chi connectivity index (χ3n) is 2.43. The molecule has 0 atom stereocenters. The van der Waals surface area contributed by atoms with Crippen LogP contribution in [0.2, 0.25) is 10.0 Å². The first kappa shape index (κ1) is 12.7. The molecule has 0 unspecified atom stereocenters. The van der Waals surface area contributed by atoms with Crippen LogP contribution in [0.3, 0.4) is 0 Å². The van der Waals surface area contributed by atoms with Crippen molar-refractivity contribution in [2.24, 2.45) is 7.05 Å². The van der Waals surface area contributed by atoms with E-state index in [1.54, 1.807) is 18.2 Å². The van der Waals surface area contributed by atoms with E-state index in [9.17, 15) is 9.59 Å². The van der Waals surface area contributed by atoms with Crippen molar-refractivity contribution in [3.05, 3.63) is 50.4 Å². The number of rotatable bonds is 2. The normalized spacial score (nSPS) is 10.6. The average molecular weight is 287 g/mol. The first-order valence-electron chi connectivity index (χ1n) is 4.90. The molecular weight excluding hydrogens is 279 g/mol. The molecule has 5 nitrogen and oxygen atoms in total. The Morgan fingerprint density at radius 2 is 1.83 bits per heavy atom. The maximum atomic E-state index is 12.0. The first-order valence-corrected chi connectivity index (χ1v) is 5.65. The molecule has 0 bridgehead atoms. The highest BCUT2D eigenvalue weighted by Crippen LogP contribution is 2.27. The Kier molecular flexibility index (Phi) is 3.19. The van der Waals surface area contributed by atoms with E-state index < -0.39 is 11.5 Å². The van der Waals surface area contributed by atoms with E-state index >= 15 is 0 Å². The molecule has 94 valence electrons. The molecule has 0 saturated heterocycles. The summed E-state index contributed by atoms with van der Waals surface area (Å²) in [5, 5.41) is 9.43. The molecule has 2 rings (SSSR count). The number of benzene rings is 1. The summed E-state index contributed by atoms with van der Waals surface area (Å²) in [4.78, 5) is 22.9. The van der Waals surface area contributed by atoms with Gasteiger partial charge in [0.05, 0.1) is 10.0 Å². The van der Waals surface area contributed by atoms with E-state index in [0.717, 1.165) is 4.68 Å². The Hall–Kier alpha value is -1.72. The summed E-state index contributed by atoms with van der Waals surface area (Å²) in [5.41, 5.74) is -0.755. The fourth-order valence-corrected chi connectivity index (χ4v) is 2.21. The number of nitrogens with zero attached hydrogens (tertiary/aromatic N) is 2. The Morgan fingerprint density at radius 1 is 1.28 bits per heavy atom. The molecule has 0 spiro atoms. The van der Waals surface area contributed by atoms with Crippen LogP contribution in [0.15, 0.2) is 29.2 Å². The van der Waals surface area contributed by atoms with Crippen molar-refractivity contribution in [3.8, 4) is 5.69 Å². The van der Waals surface area contributed by atoms with Gasteiger partial charge < -0.3 is 5.11 Å². The average Bonchev–Trinajstić information content (AvgIpc) is 2.56. The van der Waals surface area contributed by atoms with Gasteiger partial charge >= 0.3 is 5.97 Å². The first-order chi connectivity index (χ1) is 8.43. The smallest absolute Gasteiger partial charge is 0.342 e. The molecule has 7 heteroatoms. The minimum Gasteiger partial charge on any atom is -0.477 e. The van der Waals surface area contributed by atoms with Crippen LogP contribution in [-0.4, -0.2) is 20.4 Å². The maximum absolute atomic E-state index is 12.0. The van der Waals surface area contributed by atoms with Gasteiger partial charge in [0, 0.05) is 13.2 Å². The Labute approximate surface area is 112 Å². The highest BCUT2D eigenvalue weighted by Gasteiger charge is 2.19. The van der Waals surface area contributed by atoms with E-state index in [1.165, 1.54) is 17.9 Å². The SMILES string of the molecule is Cn1cc(C(=O)O)c(=O)n1-c1c(Cl)cccc1Cl. The number of carboxylic acid groups (broad SMARTS) is 1. The minimum absolute atomic E-state index is 0.265. The molecule has 0 aliphatic carbocycles. The van der Waals surface area contributed by atoms with Crippen molar-refractivity contribution in [2.45, 2.75) is 0 Å². The molecule has 1 aromatic carbocycles. The molecule has 0 fully saturated rings. The largest absolute Gasteiger partial charge is 0.477 e. The summed E-state index contributed by atoms with van der Waals surface area (Å²) < 4.78 is 2.45. The summed E-state index contributed by atoms with van der Waals surface area (Å²) in [7, 11) is 1.54. The second-order valence-corrected chi connectivity index (χ2v) is 4.42. The van der Waals surface area contributed by atoms with Crippen LogP contribution >= 0.6 is 23.2 Å². The molecule has 1 heterocycles. The van der Waals surface area contributed by atoms with Crippen molar-refractivity contribution >= 4 is 29.2 Å². The standard InChI is InChI=1S/C11H8Cl2N2O3/c1-14-5-6(11(17)18)10(16)15(14)9-7(12)3-2-4-8(9)13/h2-5H,1H3,(H,17,18). The van der Waals surface area contributed by atoms with Crippen LogP contribution in [0.1, 0.15) is 10.4 Å². The Morgan fingerprint density at radius 3 is 2.28 bits per heavy atom. The summed E-state index contributed by atoms with van der Waals surface area (Å²) in [6.07, 6.45) is 1.21. The predicted molar refractivity (Wildman–Crippen MR) is 68.0 cm³/mol. The van der Waals surface area contributed by atoms with Crippen molar-refractivity contribution < 1.29 is 9.90 Å². The van der Waals surface area contributed by atoms with Gasteiger partial charge in [-0.15, -0.1) is 0 Å². The van der Waals surface area contributed by atoms with E-state index in [2.05, 4.69) is 0 Å². The molecule has 1 aromatic heterocycles. The number of para-hydroxylation sites is 1. The van der Waals surface area contributed by atoms with Gasteiger partial charge in [0.1, 0.15) is 11.3 Å². The van der Waals surface area contributed by atoms with E-state index in [0.29, 0.717) is 0 Å². The third-order valence-corrected chi connectivity index (χ3v) is 3.04. The second-order valence-electron chi connectivity index (χ2n) is 3.61. The van der Waals surface area contributed by atoms with Crippen LogP contribution < -0.4 is 5.56 Å². The topological polar surface area (TPSA) is 64.2 Å². The summed E-state index contributed by atoms with van der Waals surface area (Å²) >= 11 is 12.0. The number of carbonyl (C=O) groups is 1. The van der Waals surface area contributed by atoms with Crippen molar-refractivity contribution in [1.82, 2.24) is 9.36 Å². The summed E-state index contributed by atoms with van der Waals surface area (Å²) in [6, 6.07) is 4.78.